The van der Waals surface area contributed by atoms with Crippen molar-refractivity contribution in [1.82, 2.24) is 10.2 Å². The third-order valence-electron chi connectivity index (χ3n) is 4.10. The Kier molecular flexibility index (Phi) is 5.26. The van der Waals surface area contributed by atoms with E-state index in [1.54, 1.807) is 0 Å². The molecule has 1 N–H and O–H groups in total. The van der Waals surface area contributed by atoms with Crippen molar-refractivity contribution in [2.24, 2.45) is 5.92 Å². The second kappa shape index (κ2) is 6.72. The van der Waals surface area contributed by atoms with Crippen molar-refractivity contribution in [2.75, 3.05) is 32.8 Å². The number of hydrogen-bond acceptors (Lipinski definition) is 3. The summed E-state index contributed by atoms with van der Waals surface area (Å²) in [7, 11) is 0. The van der Waals surface area contributed by atoms with Gasteiger partial charge in [0.15, 0.2) is 0 Å². The summed E-state index contributed by atoms with van der Waals surface area (Å²) in [4.78, 5) is 2.65. The number of nitrogens with one attached hydrogen (secondary N) is 1. The highest BCUT2D eigenvalue weighted by molar-refractivity contribution is 4.90. The summed E-state index contributed by atoms with van der Waals surface area (Å²) >= 11 is 0. The van der Waals surface area contributed by atoms with Gasteiger partial charge in [-0.25, -0.2) is 0 Å². The molecule has 1 aliphatic heterocycles. The van der Waals surface area contributed by atoms with Crippen LogP contribution in [0.5, 0.6) is 0 Å². The number of nitrogens with zero attached hydrogens (tertiary/aromatic N) is 1. The SMILES string of the molecule is CCCNC(CN1CCOCC1CC)C1CC1. The zero-order valence-electron chi connectivity index (χ0n) is 11.5. The lowest BCUT2D eigenvalue weighted by molar-refractivity contribution is -0.0135. The fourth-order valence-electron chi connectivity index (χ4n) is 2.77. The predicted molar refractivity (Wildman–Crippen MR) is 71.3 cm³/mol. The number of morpholine rings is 1. The van der Waals surface area contributed by atoms with E-state index in [0.29, 0.717) is 6.04 Å². The van der Waals surface area contributed by atoms with Crippen LogP contribution in [-0.2, 0) is 4.74 Å². The van der Waals surface area contributed by atoms with Crippen molar-refractivity contribution in [3.63, 3.8) is 0 Å². The van der Waals surface area contributed by atoms with Crippen molar-refractivity contribution < 1.29 is 4.74 Å². The first-order valence-corrected chi connectivity index (χ1v) is 7.40. The van der Waals surface area contributed by atoms with E-state index in [1.807, 2.05) is 0 Å². The Morgan fingerprint density at radius 3 is 2.82 bits per heavy atom. The fourth-order valence-corrected chi connectivity index (χ4v) is 2.77. The molecule has 100 valence electrons. The van der Waals surface area contributed by atoms with E-state index in [1.165, 1.54) is 38.8 Å². The van der Waals surface area contributed by atoms with Crippen LogP contribution < -0.4 is 5.32 Å². The van der Waals surface area contributed by atoms with Crippen LogP contribution >= 0.6 is 0 Å². The molecular weight excluding hydrogens is 212 g/mol. The molecule has 2 aliphatic rings. The zero-order chi connectivity index (χ0) is 12.1. The van der Waals surface area contributed by atoms with Crippen LogP contribution in [0, 0.1) is 5.92 Å². The van der Waals surface area contributed by atoms with Gasteiger partial charge in [-0.1, -0.05) is 13.8 Å². The normalized spacial score (nSPS) is 28.2. The molecular formula is C14H28N2O. The number of hydrogen-bond donors (Lipinski definition) is 1. The highest BCUT2D eigenvalue weighted by Gasteiger charge is 2.33. The molecule has 3 heteroatoms. The van der Waals surface area contributed by atoms with Gasteiger partial charge in [0.25, 0.3) is 0 Å². The van der Waals surface area contributed by atoms with Crippen molar-refractivity contribution in [3.05, 3.63) is 0 Å². The lowest BCUT2D eigenvalue weighted by Crippen LogP contribution is -2.51. The van der Waals surface area contributed by atoms with Crippen LogP contribution in [0.2, 0.25) is 0 Å². The van der Waals surface area contributed by atoms with E-state index >= 15 is 0 Å². The molecule has 2 fully saturated rings. The Morgan fingerprint density at radius 2 is 2.18 bits per heavy atom. The first-order valence-electron chi connectivity index (χ1n) is 7.40. The van der Waals surface area contributed by atoms with Crippen LogP contribution in [0.4, 0.5) is 0 Å². The minimum atomic E-state index is 0.647. The molecule has 2 rings (SSSR count). The molecule has 2 unspecified atom stereocenters. The molecule has 1 aliphatic carbocycles. The second-order valence-electron chi connectivity index (χ2n) is 5.53. The first kappa shape index (κ1) is 13.3. The molecule has 1 saturated heterocycles. The van der Waals surface area contributed by atoms with Crippen molar-refractivity contribution in [3.8, 4) is 0 Å². The highest BCUT2D eigenvalue weighted by Crippen LogP contribution is 2.33. The molecule has 1 saturated carbocycles. The summed E-state index contributed by atoms with van der Waals surface area (Å²) in [6, 6.07) is 1.37. The van der Waals surface area contributed by atoms with Crippen molar-refractivity contribution in [2.45, 2.75) is 51.6 Å². The molecule has 0 radical (unpaired) electrons. The largest absolute Gasteiger partial charge is 0.378 e. The molecule has 2 atom stereocenters. The molecule has 17 heavy (non-hydrogen) atoms. The Bertz CT molecular complexity index is 218. The zero-order valence-corrected chi connectivity index (χ0v) is 11.5. The van der Waals surface area contributed by atoms with E-state index in [9.17, 15) is 0 Å². The first-order chi connectivity index (χ1) is 8.35. The second-order valence-corrected chi connectivity index (χ2v) is 5.53. The van der Waals surface area contributed by atoms with Crippen LogP contribution in [0.1, 0.15) is 39.5 Å². The monoisotopic (exact) mass is 240 g/mol. The van der Waals surface area contributed by atoms with Gasteiger partial charge >= 0.3 is 0 Å². The summed E-state index contributed by atoms with van der Waals surface area (Å²) in [6.07, 6.45) is 5.32. The molecule has 3 nitrogen and oxygen atoms in total. The van der Waals surface area contributed by atoms with Gasteiger partial charge in [-0.2, -0.15) is 0 Å². The Labute approximate surface area is 106 Å². The third-order valence-corrected chi connectivity index (χ3v) is 4.10. The van der Waals surface area contributed by atoms with E-state index in [2.05, 4.69) is 24.1 Å². The molecule has 0 aromatic rings. The maximum absolute atomic E-state index is 5.58. The topological polar surface area (TPSA) is 24.5 Å². The van der Waals surface area contributed by atoms with E-state index in [0.717, 1.165) is 31.7 Å². The molecule has 0 spiro atoms. The van der Waals surface area contributed by atoms with Gasteiger partial charge < -0.3 is 10.1 Å². The quantitative estimate of drug-likeness (QED) is 0.735. The van der Waals surface area contributed by atoms with Crippen LogP contribution in [0.15, 0.2) is 0 Å². The standard InChI is InChI=1S/C14H28N2O/c1-3-7-15-14(12-5-6-12)10-16-8-9-17-11-13(16)4-2/h12-15H,3-11H2,1-2H3. The molecule has 0 aromatic carbocycles. The predicted octanol–water partition coefficient (Wildman–Crippen LogP) is 1.88. The van der Waals surface area contributed by atoms with Gasteiger partial charge in [-0.15, -0.1) is 0 Å². The summed E-state index contributed by atoms with van der Waals surface area (Å²) < 4.78 is 5.58. The lowest BCUT2D eigenvalue weighted by atomic mass is 10.1. The highest BCUT2D eigenvalue weighted by atomic mass is 16.5. The summed E-state index contributed by atoms with van der Waals surface area (Å²) in [5, 5.41) is 3.74. The van der Waals surface area contributed by atoms with E-state index < -0.39 is 0 Å². The number of ether oxygens (including phenoxy) is 1. The van der Waals surface area contributed by atoms with Gasteiger partial charge in [0.05, 0.1) is 13.2 Å². The molecule has 1 heterocycles. The van der Waals surface area contributed by atoms with Crippen LogP contribution in [-0.4, -0.2) is 49.8 Å². The van der Waals surface area contributed by atoms with Crippen LogP contribution in [0.3, 0.4) is 0 Å². The Balaban J connectivity index is 1.82. The maximum atomic E-state index is 5.58. The van der Waals surface area contributed by atoms with Crippen molar-refractivity contribution in [1.29, 1.82) is 0 Å². The van der Waals surface area contributed by atoms with E-state index in [4.69, 9.17) is 4.74 Å². The van der Waals surface area contributed by atoms with Gasteiger partial charge in [0, 0.05) is 25.2 Å². The summed E-state index contributed by atoms with van der Waals surface area (Å²) in [6.45, 7) is 9.90. The Morgan fingerprint density at radius 1 is 1.35 bits per heavy atom. The van der Waals surface area contributed by atoms with Gasteiger partial charge in [0.2, 0.25) is 0 Å². The third kappa shape index (κ3) is 3.94. The van der Waals surface area contributed by atoms with Gasteiger partial charge in [-0.05, 0) is 38.1 Å². The maximum Gasteiger partial charge on any atom is 0.0622 e. The molecule has 0 aromatic heterocycles. The summed E-state index contributed by atoms with van der Waals surface area (Å²) in [5.41, 5.74) is 0. The summed E-state index contributed by atoms with van der Waals surface area (Å²) in [5.74, 6) is 0.946. The lowest BCUT2D eigenvalue weighted by Gasteiger charge is -2.37. The number of rotatable bonds is 7. The van der Waals surface area contributed by atoms with Crippen LogP contribution in [0.25, 0.3) is 0 Å². The van der Waals surface area contributed by atoms with E-state index in [-0.39, 0.29) is 0 Å². The minimum Gasteiger partial charge on any atom is -0.378 e. The molecule has 0 bridgehead atoms. The minimum absolute atomic E-state index is 0.647. The average molecular weight is 240 g/mol. The van der Waals surface area contributed by atoms with Crippen molar-refractivity contribution >= 4 is 0 Å². The van der Waals surface area contributed by atoms with Gasteiger partial charge in [0.1, 0.15) is 0 Å². The average Bonchev–Trinajstić information content (AvgIpc) is 3.19. The fraction of sp³-hybridized carbons (Fsp3) is 1.00. The van der Waals surface area contributed by atoms with Gasteiger partial charge in [-0.3, -0.25) is 4.90 Å². The molecule has 0 amide bonds. The Hall–Kier alpha value is -0.120. The smallest absolute Gasteiger partial charge is 0.0622 e.